The molecular weight excluding hydrogens is 282 g/mol. The van der Waals surface area contributed by atoms with Crippen LogP contribution in [-0.4, -0.2) is 16.5 Å². The van der Waals surface area contributed by atoms with Gasteiger partial charge in [0.15, 0.2) is 0 Å². The lowest BCUT2D eigenvalue weighted by Crippen LogP contribution is -2.29. The monoisotopic (exact) mass is 309 g/mol. The summed E-state index contributed by atoms with van der Waals surface area (Å²) in [4.78, 5) is 8.55. The minimum absolute atomic E-state index is 0.325. The van der Waals surface area contributed by atoms with Crippen molar-refractivity contribution in [2.24, 2.45) is 11.3 Å². The Morgan fingerprint density at radius 1 is 1.19 bits per heavy atom. The Balaban J connectivity index is 2.13. The summed E-state index contributed by atoms with van der Waals surface area (Å²) in [6.07, 6.45) is 8.21. The largest absolute Gasteiger partial charge is 0.369 e. The molecule has 0 amide bonds. The van der Waals surface area contributed by atoms with Crippen molar-refractivity contribution in [3.05, 3.63) is 17.0 Å². The molecule has 4 heteroatoms. The normalized spacial score (nSPS) is 17.7. The Hall–Kier alpha value is -0.830. The summed E-state index contributed by atoms with van der Waals surface area (Å²) in [7, 11) is 0. The van der Waals surface area contributed by atoms with Gasteiger partial charge in [0, 0.05) is 12.1 Å². The van der Waals surface area contributed by atoms with Gasteiger partial charge in [0.1, 0.15) is 17.3 Å². The molecule has 0 atom stereocenters. The van der Waals surface area contributed by atoms with Crippen LogP contribution in [0.4, 0.5) is 5.82 Å². The summed E-state index contributed by atoms with van der Waals surface area (Å²) in [6, 6.07) is 0. The first-order chi connectivity index (χ1) is 9.93. The third-order valence-corrected chi connectivity index (χ3v) is 4.85. The first-order valence-electron chi connectivity index (χ1n) is 8.18. The number of halogens is 1. The molecule has 1 aliphatic rings. The molecule has 1 N–H and O–H groups in total. The van der Waals surface area contributed by atoms with Gasteiger partial charge in [0.2, 0.25) is 0 Å². The van der Waals surface area contributed by atoms with Crippen molar-refractivity contribution in [1.82, 2.24) is 9.97 Å². The molecule has 1 heterocycles. The quantitative estimate of drug-likeness (QED) is 0.727. The highest BCUT2D eigenvalue weighted by Crippen LogP contribution is 2.43. The molecule has 1 aromatic rings. The summed E-state index contributed by atoms with van der Waals surface area (Å²) in [5, 5.41) is 4.16. The number of hydrogen-bond donors (Lipinski definition) is 1. The Labute approximate surface area is 133 Å². The third kappa shape index (κ3) is 4.09. The van der Waals surface area contributed by atoms with Crippen LogP contribution in [0.5, 0.6) is 0 Å². The van der Waals surface area contributed by atoms with E-state index in [4.69, 9.17) is 11.6 Å². The molecule has 0 unspecified atom stereocenters. The van der Waals surface area contributed by atoms with Gasteiger partial charge in [0.25, 0.3) is 0 Å². The molecular formula is C17H28ClN3. The first-order valence-corrected chi connectivity index (χ1v) is 8.55. The van der Waals surface area contributed by atoms with Crippen molar-refractivity contribution in [2.45, 2.75) is 65.7 Å². The molecule has 3 nitrogen and oxygen atoms in total. The second kappa shape index (κ2) is 6.95. The average Bonchev–Trinajstić information content (AvgIpc) is 2.84. The molecule has 118 valence electrons. The van der Waals surface area contributed by atoms with E-state index in [9.17, 15) is 0 Å². The van der Waals surface area contributed by atoms with Gasteiger partial charge in [-0.3, -0.25) is 0 Å². The van der Waals surface area contributed by atoms with Gasteiger partial charge in [-0.15, -0.1) is 0 Å². The summed E-state index contributed by atoms with van der Waals surface area (Å²) >= 11 is 6.25. The lowest BCUT2D eigenvalue weighted by molar-refractivity contribution is 0.252. The van der Waals surface area contributed by atoms with Crippen molar-refractivity contribution in [3.8, 4) is 0 Å². The molecule has 0 bridgehead atoms. The van der Waals surface area contributed by atoms with Crippen LogP contribution in [0.25, 0.3) is 0 Å². The fourth-order valence-electron chi connectivity index (χ4n) is 3.74. The minimum atomic E-state index is 0.325. The molecule has 2 rings (SSSR count). The minimum Gasteiger partial charge on any atom is -0.369 e. The third-order valence-electron chi connectivity index (χ3n) is 4.55. The van der Waals surface area contributed by atoms with Crippen molar-refractivity contribution >= 4 is 17.4 Å². The Kier molecular flexibility index (Phi) is 5.48. The molecule has 0 aliphatic heterocycles. The van der Waals surface area contributed by atoms with Gasteiger partial charge in [-0.05, 0) is 36.5 Å². The number of rotatable bonds is 6. The fourth-order valence-corrected chi connectivity index (χ4v) is 4.09. The van der Waals surface area contributed by atoms with E-state index >= 15 is 0 Å². The SMILES string of the molecule is CC(C)CC1(CNc2ncnc(Cl)c2C(C)C)CCCC1. The standard InChI is InChI=1S/C17H28ClN3/c1-12(2)9-17(7-5-6-8-17)10-19-16-14(13(3)4)15(18)20-11-21-16/h11-13H,5-10H2,1-4H3,(H,19,20,21). The zero-order chi connectivity index (χ0) is 15.5. The maximum absolute atomic E-state index is 6.25. The van der Waals surface area contributed by atoms with E-state index in [2.05, 4.69) is 43.0 Å². The van der Waals surface area contributed by atoms with Crippen LogP contribution in [0.1, 0.15) is 71.3 Å². The number of anilines is 1. The van der Waals surface area contributed by atoms with E-state index in [-0.39, 0.29) is 0 Å². The zero-order valence-corrected chi connectivity index (χ0v) is 14.5. The lowest BCUT2D eigenvalue weighted by Gasteiger charge is -2.32. The van der Waals surface area contributed by atoms with Crippen LogP contribution in [0.3, 0.4) is 0 Å². The van der Waals surface area contributed by atoms with Crippen molar-refractivity contribution in [3.63, 3.8) is 0 Å². The summed E-state index contributed by atoms with van der Waals surface area (Å²) in [5.74, 6) is 1.98. The van der Waals surface area contributed by atoms with Crippen LogP contribution < -0.4 is 5.32 Å². The fraction of sp³-hybridized carbons (Fsp3) is 0.765. The number of aromatic nitrogens is 2. The molecule has 1 aliphatic carbocycles. The summed E-state index contributed by atoms with van der Waals surface area (Å²) in [5.41, 5.74) is 1.47. The molecule has 1 fully saturated rings. The van der Waals surface area contributed by atoms with Gasteiger partial charge in [0.05, 0.1) is 0 Å². The van der Waals surface area contributed by atoms with Crippen LogP contribution in [0, 0.1) is 11.3 Å². The number of nitrogens with one attached hydrogen (secondary N) is 1. The lowest BCUT2D eigenvalue weighted by atomic mass is 9.78. The highest BCUT2D eigenvalue weighted by atomic mass is 35.5. The predicted molar refractivity (Wildman–Crippen MR) is 90.0 cm³/mol. The zero-order valence-electron chi connectivity index (χ0n) is 13.7. The van der Waals surface area contributed by atoms with E-state index in [1.165, 1.54) is 32.1 Å². The number of hydrogen-bond acceptors (Lipinski definition) is 3. The highest BCUT2D eigenvalue weighted by molar-refractivity contribution is 6.30. The molecule has 0 saturated heterocycles. The molecule has 0 radical (unpaired) electrons. The predicted octanol–water partition coefficient (Wildman–Crippen LogP) is 5.27. The molecule has 0 spiro atoms. The molecule has 1 aromatic heterocycles. The Bertz CT molecular complexity index is 465. The van der Waals surface area contributed by atoms with E-state index in [1.807, 2.05) is 0 Å². The molecule has 21 heavy (non-hydrogen) atoms. The Morgan fingerprint density at radius 3 is 2.43 bits per heavy atom. The first kappa shape index (κ1) is 16.5. The summed E-state index contributed by atoms with van der Waals surface area (Å²) in [6.45, 7) is 9.91. The van der Waals surface area contributed by atoms with Crippen molar-refractivity contribution < 1.29 is 0 Å². The van der Waals surface area contributed by atoms with Crippen LogP contribution in [0.15, 0.2) is 6.33 Å². The Morgan fingerprint density at radius 2 is 1.86 bits per heavy atom. The van der Waals surface area contributed by atoms with Crippen LogP contribution >= 0.6 is 11.6 Å². The van der Waals surface area contributed by atoms with E-state index < -0.39 is 0 Å². The highest BCUT2D eigenvalue weighted by Gasteiger charge is 2.34. The van der Waals surface area contributed by atoms with Crippen LogP contribution in [-0.2, 0) is 0 Å². The molecule has 0 aromatic carbocycles. The average molecular weight is 310 g/mol. The maximum Gasteiger partial charge on any atom is 0.138 e. The maximum atomic E-state index is 6.25. The van der Waals surface area contributed by atoms with E-state index in [1.54, 1.807) is 6.33 Å². The molecule has 1 saturated carbocycles. The second-order valence-corrected chi connectivity index (χ2v) is 7.60. The van der Waals surface area contributed by atoms with Gasteiger partial charge in [-0.1, -0.05) is 52.1 Å². The van der Waals surface area contributed by atoms with Gasteiger partial charge in [-0.25, -0.2) is 9.97 Å². The van der Waals surface area contributed by atoms with Gasteiger partial charge < -0.3 is 5.32 Å². The van der Waals surface area contributed by atoms with E-state index in [0.717, 1.165) is 23.8 Å². The van der Waals surface area contributed by atoms with Crippen LogP contribution in [0.2, 0.25) is 5.15 Å². The van der Waals surface area contributed by atoms with Gasteiger partial charge >= 0.3 is 0 Å². The number of nitrogens with zero attached hydrogens (tertiary/aromatic N) is 2. The topological polar surface area (TPSA) is 37.8 Å². The van der Waals surface area contributed by atoms with Crippen molar-refractivity contribution in [1.29, 1.82) is 0 Å². The van der Waals surface area contributed by atoms with Gasteiger partial charge in [-0.2, -0.15) is 0 Å². The van der Waals surface area contributed by atoms with Crippen molar-refractivity contribution in [2.75, 3.05) is 11.9 Å². The summed E-state index contributed by atoms with van der Waals surface area (Å²) < 4.78 is 0. The second-order valence-electron chi connectivity index (χ2n) is 7.24. The smallest absolute Gasteiger partial charge is 0.138 e. The van der Waals surface area contributed by atoms with E-state index in [0.29, 0.717) is 16.5 Å².